The number of urea groups is 1. The number of benzene rings is 2. The van der Waals surface area contributed by atoms with E-state index in [1.165, 1.54) is 31.3 Å². The van der Waals surface area contributed by atoms with Crippen LogP contribution < -0.4 is 14.8 Å². The molecule has 0 aliphatic carbocycles. The smallest absolute Gasteiger partial charge is 0.416 e. The van der Waals surface area contributed by atoms with Gasteiger partial charge in [0, 0.05) is 12.2 Å². The molecule has 1 N–H and O–H groups in total. The molecule has 3 rings (SSSR count). The van der Waals surface area contributed by atoms with E-state index in [4.69, 9.17) is 9.47 Å². The lowest BCUT2D eigenvalue weighted by Crippen LogP contribution is -2.42. The van der Waals surface area contributed by atoms with E-state index in [1.807, 2.05) is 6.07 Å². The Kier molecular flexibility index (Phi) is 6.06. The number of anilines is 1. The molecule has 1 atom stereocenters. The van der Waals surface area contributed by atoms with Crippen molar-refractivity contribution >= 4 is 11.7 Å². The molecule has 1 unspecified atom stereocenters. The number of ether oxygens (including phenoxy) is 2. The summed E-state index contributed by atoms with van der Waals surface area (Å²) in [5, 5.41) is 11.8. The number of carbonyl (C=O) groups excluding carboxylic acids is 1. The van der Waals surface area contributed by atoms with Gasteiger partial charge in [-0.15, -0.1) is 0 Å². The van der Waals surface area contributed by atoms with Crippen molar-refractivity contribution in [2.45, 2.75) is 25.1 Å². The molecular formula is C21H20F3N3O3. The highest BCUT2D eigenvalue weighted by Crippen LogP contribution is 2.39. The van der Waals surface area contributed by atoms with E-state index in [1.54, 1.807) is 6.07 Å². The SMILES string of the molecule is COc1cc2c(cc1OC)C(CC#N)N(C(=O)Nc1cccc(C(F)(F)F)c1)CC2. The summed E-state index contributed by atoms with van der Waals surface area (Å²) >= 11 is 0. The van der Waals surface area contributed by atoms with Crippen LogP contribution in [-0.2, 0) is 12.6 Å². The van der Waals surface area contributed by atoms with Crippen LogP contribution in [0, 0.1) is 11.3 Å². The molecule has 1 aliphatic rings. The number of hydrogen-bond acceptors (Lipinski definition) is 4. The second kappa shape index (κ2) is 8.53. The number of nitrogens with one attached hydrogen (secondary N) is 1. The fourth-order valence-corrected chi connectivity index (χ4v) is 3.55. The molecule has 0 saturated heterocycles. The second-order valence-electron chi connectivity index (χ2n) is 6.74. The summed E-state index contributed by atoms with van der Waals surface area (Å²) < 4.78 is 49.5. The first-order valence-corrected chi connectivity index (χ1v) is 9.15. The van der Waals surface area contributed by atoms with Gasteiger partial charge in [-0.05, 0) is 47.9 Å². The topological polar surface area (TPSA) is 74.6 Å². The van der Waals surface area contributed by atoms with E-state index in [2.05, 4.69) is 11.4 Å². The zero-order valence-electron chi connectivity index (χ0n) is 16.4. The average Bonchev–Trinajstić information content (AvgIpc) is 2.72. The molecule has 0 bridgehead atoms. The van der Waals surface area contributed by atoms with E-state index in [9.17, 15) is 23.2 Å². The number of nitrogens with zero attached hydrogens (tertiary/aromatic N) is 2. The monoisotopic (exact) mass is 419 g/mol. The van der Waals surface area contributed by atoms with Gasteiger partial charge in [0.1, 0.15) is 0 Å². The summed E-state index contributed by atoms with van der Waals surface area (Å²) in [6.07, 6.45) is -3.98. The molecule has 6 nitrogen and oxygen atoms in total. The van der Waals surface area contributed by atoms with Crippen LogP contribution in [0.25, 0.3) is 0 Å². The van der Waals surface area contributed by atoms with Gasteiger partial charge in [0.05, 0.1) is 38.3 Å². The first-order valence-electron chi connectivity index (χ1n) is 9.15. The molecule has 2 aromatic rings. The van der Waals surface area contributed by atoms with E-state index in [-0.39, 0.29) is 12.1 Å². The maximum absolute atomic E-state index is 12.9. The molecule has 1 heterocycles. The highest BCUT2D eigenvalue weighted by atomic mass is 19.4. The van der Waals surface area contributed by atoms with Crippen molar-refractivity contribution in [2.75, 3.05) is 26.1 Å². The number of amides is 2. The fraction of sp³-hybridized carbons (Fsp3) is 0.333. The lowest BCUT2D eigenvalue weighted by atomic mass is 9.90. The van der Waals surface area contributed by atoms with Crippen LogP contribution in [0.15, 0.2) is 36.4 Å². The average molecular weight is 419 g/mol. The minimum Gasteiger partial charge on any atom is -0.493 e. The third-order valence-electron chi connectivity index (χ3n) is 4.99. The van der Waals surface area contributed by atoms with E-state index < -0.39 is 23.8 Å². The first-order chi connectivity index (χ1) is 14.3. The fourth-order valence-electron chi connectivity index (χ4n) is 3.55. The quantitative estimate of drug-likeness (QED) is 0.775. The van der Waals surface area contributed by atoms with E-state index in [0.717, 1.165) is 23.3 Å². The summed E-state index contributed by atoms with van der Waals surface area (Å²) in [4.78, 5) is 14.3. The number of fused-ring (bicyclic) bond motifs is 1. The molecule has 0 fully saturated rings. The number of halogens is 3. The van der Waals surface area contributed by atoms with Gasteiger partial charge in [-0.25, -0.2) is 4.79 Å². The number of rotatable bonds is 4. The summed E-state index contributed by atoms with van der Waals surface area (Å²) in [6.45, 7) is 0.305. The molecular weight excluding hydrogens is 399 g/mol. The highest BCUT2D eigenvalue weighted by molar-refractivity contribution is 5.90. The maximum atomic E-state index is 12.9. The lowest BCUT2D eigenvalue weighted by molar-refractivity contribution is -0.137. The molecule has 1 aliphatic heterocycles. The molecule has 9 heteroatoms. The summed E-state index contributed by atoms with van der Waals surface area (Å²) in [5.41, 5.74) is 0.856. The minimum atomic E-state index is -4.51. The van der Waals surface area contributed by atoms with E-state index >= 15 is 0 Å². The predicted octanol–water partition coefficient (Wildman–Crippen LogP) is 4.77. The Labute approximate surface area is 171 Å². The van der Waals surface area contributed by atoms with Crippen molar-refractivity contribution in [3.63, 3.8) is 0 Å². The van der Waals surface area contributed by atoms with Crippen molar-refractivity contribution in [3.05, 3.63) is 53.1 Å². The Morgan fingerprint density at radius 2 is 1.93 bits per heavy atom. The van der Waals surface area contributed by atoms with Gasteiger partial charge in [-0.3, -0.25) is 0 Å². The van der Waals surface area contributed by atoms with Gasteiger partial charge < -0.3 is 19.7 Å². The second-order valence-corrected chi connectivity index (χ2v) is 6.74. The van der Waals surface area contributed by atoms with Crippen LogP contribution in [0.4, 0.5) is 23.7 Å². The molecule has 0 saturated carbocycles. The number of nitriles is 1. The summed E-state index contributed by atoms with van der Waals surface area (Å²) in [5.74, 6) is 1.02. The zero-order valence-corrected chi connectivity index (χ0v) is 16.4. The van der Waals surface area contributed by atoms with E-state index in [0.29, 0.717) is 24.5 Å². The highest BCUT2D eigenvalue weighted by Gasteiger charge is 2.33. The third-order valence-corrected chi connectivity index (χ3v) is 4.99. The lowest BCUT2D eigenvalue weighted by Gasteiger charge is -2.36. The maximum Gasteiger partial charge on any atom is 0.416 e. The van der Waals surface area contributed by atoms with Gasteiger partial charge in [0.25, 0.3) is 0 Å². The largest absolute Gasteiger partial charge is 0.493 e. The normalized spacial score (nSPS) is 15.7. The third kappa shape index (κ3) is 4.27. The summed E-state index contributed by atoms with van der Waals surface area (Å²) in [6, 6.07) is 8.93. The Morgan fingerprint density at radius 3 is 2.57 bits per heavy atom. The van der Waals surface area contributed by atoms with Crippen molar-refractivity contribution in [1.82, 2.24) is 4.90 Å². The Bertz CT molecular complexity index is 986. The molecule has 30 heavy (non-hydrogen) atoms. The molecule has 0 radical (unpaired) electrons. The molecule has 158 valence electrons. The van der Waals surface area contributed by atoms with Gasteiger partial charge in [0.15, 0.2) is 11.5 Å². The first kappa shape index (κ1) is 21.3. The van der Waals surface area contributed by atoms with Crippen molar-refractivity contribution < 1.29 is 27.4 Å². The van der Waals surface area contributed by atoms with Crippen LogP contribution in [0.2, 0.25) is 0 Å². The predicted molar refractivity (Wildman–Crippen MR) is 103 cm³/mol. The van der Waals surface area contributed by atoms with Crippen LogP contribution in [0.5, 0.6) is 11.5 Å². The van der Waals surface area contributed by atoms with Crippen LogP contribution >= 0.6 is 0 Å². The van der Waals surface area contributed by atoms with Crippen molar-refractivity contribution in [2.24, 2.45) is 0 Å². The van der Waals surface area contributed by atoms with Crippen molar-refractivity contribution in [3.8, 4) is 17.6 Å². The van der Waals surface area contributed by atoms with Gasteiger partial charge in [-0.1, -0.05) is 6.07 Å². The van der Waals surface area contributed by atoms with Crippen molar-refractivity contribution in [1.29, 1.82) is 5.26 Å². The van der Waals surface area contributed by atoms with Gasteiger partial charge in [0.2, 0.25) is 0 Å². The Morgan fingerprint density at radius 1 is 1.23 bits per heavy atom. The van der Waals surface area contributed by atoms with Gasteiger partial charge in [-0.2, -0.15) is 18.4 Å². The Hall–Kier alpha value is -3.41. The zero-order chi connectivity index (χ0) is 21.9. The summed E-state index contributed by atoms with van der Waals surface area (Å²) in [7, 11) is 3.01. The molecule has 0 spiro atoms. The Balaban J connectivity index is 1.89. The van der Waals surface area contributed by atoms with Crippen LogP contribution in [0.1, 0.15) is 29.2 Å². The van der Waals surface area contributed by atoms with Crippen LogP contribution in [0.3, 0.4) is 0 Å². The number of alkyl halides is 3. The number of methoxy groups -OCH3 is 2. The minimum absolute atomic E-state index is 0.0263. The van der Waals surface area contributed by atoms with Gasteiger partial charge >= 0.3 is 12.2 Å². The molecule has 2 amide bonds. The number of hydrogen-bond donors (Lipinski definition) is 1. The number of carbonyl (C=O) groups is 1. The molecule has 2 aromatic carbocycles. The molecule has 0 aromatic heterocycles. The van der Waals surface area contributed by atoms with Crippen LogP contribution in [-0.4, -0.2) is 31.7 Å². The standard InChI is InChI=1S/C21H20F3N3O3/c1-29-18-10-13-7-9-27(17(6-8-25)16(13)12-19(18)30-2)20(28)26-15-5-3-4-14(11-15)21(22,23)24/h3-5,10-12,17H,6-7,9H2,1-2H3,(H,26,28).